The highest BCUT2D eigenvalue weighted by Crippen LogP contribution is 2.33. The summed E-state index contributed by atoms with van der Waals surface area (Å²) in [5, 5.41) is 3.35. The van der Waals surface area contributed by atoms with Gasteiger partial charge in [-0.3, -0.25) is 4.79 Å². The van der Waals surface area contributed by atoms with Gasteiger partial charge in [0, 0.05) is 25.0 Å². The van der Waals surface area contributed by atoms with Gasteiger partial charge in [0.05, 0.1) is 0 Å². The number of likely N-dealkylation sites (N-methyl/N-ethyl adjacent to an activating group) is 1. The van der Waals surface area contributed by atoms with E-state index in [9.17, 15) is 4.79 Å². The third-order valence-electron chi connectivity index (χ3n) is 4.28. The SMILES string of the molecule is CCN(C(=O)C1CCCC1C)C1CCNC1. The maximum absolute atomic E-state index is 12.5. The maximum Gasteiger partial charge on any atom is 0.226 e. The van der Waals surface area contributed by atoms with E-state index in [2.05, 4.69) is 24.1 Å². The van der Waals surface area contributed by atoms with Gasteiger partial charge in [0.25, 0.3) is 0 Å². The largest absolute Gasteiger partial charge is 0.338 e. The minimum absolute atomic E-state index is 0.306. The molecule has 0 aromatic rings. The summed E-state index contributed by atoms with van der Waals surface area (Å²) >= 11 is 0. The van der Waals surface area contributed by atoms with Gasteiger partial charge in [-0.15, -0.1) is 0 Å². The molecule has 3 atom stereocenters. The molecule has 1 aliphatic carbocycles. The smallest absolute Gasteiger partial charge is 0.226 e. The minimum atomic E-state index is 0.306. The number of nitrogens with one attached hydrogen (secondary N) is 1. The minimum Gasteiger partial charge on any atom is -0.338 e. The molecule has 2 aliphatic rings. The highest BCUT2D eigenvalue weighted by Gasteiger charge is 2.35. The first-order valence-electron chi connectivity index (χ1n) is 6.75. The van der Waals surface area contributed by atoms with Crippen LogP contribution in [0.1, 0.15) is 39.5 Å². The Kier molecular flexibility index (Phi) is 3.85. The van der Waals surface area contributed by atoms with Crippen molar-refractivity contribution >= 4 is 5.91 Å². The third-order valence-corrected chi connectivity index (χ3v) is 4.28. The van der Waals surface area contributed by atoms with Gasteiger partial charge in [0.1, 0.15) is 0 Å². The molecule has 0 radical (unpaired) electrons. The fourth-order valence-electron chi connectivity index (χ4n) is 3.22. The van der Waals surface area contributed by atoms with Crippen molar-refractivity contribution in [3.63, 3.8) is 0 Å². The highest BCUT2D eigenvalue weighted by atomic mass is 16.2. The average Bonchev–Trinajstić information content (AvgIpc) is 2.90. The Hall–Kier alpha value is -0.570. The molecule has 1 heterocycles. The number of carbonyl (C=O) groups is 1. The highest BCUT2D eigenvalue weighted by molar-refractivity contribution is 5.79. The summed E-state index contributed by atoms with van der Waals surface area (Å²) in [6.45, 7) is 7.26. The van der Waals surface area contributed by atoms with E-state index < -0.39 is 0 Å². The van der Waals surface area contributed by atoms with Gasteiger partial charge in [-0.25, -0.2) is 0 Å². The Morgan fingerprint density at radius 3 is 2.69 bits per heavy atom. The van der Waals surface area contributed by atoms with E-state index in [-0.39, 0.29) is 0 Å². The molecule has 16 heavy (non-hydrogen) atoms. The summed E-state index contributed by atoms with van der Waals surface area (Å²) in [4.78, 5) is 14.6. The van der Waals surface area contributed by atoms with E-state index in [1.165, 1.54) is 12.8 Å². The average molecular weight is 224 g/mol. The second-order valence-electron chi connectivity index (χ2n) is 5.29. The normalized spacial score (nSPS) is 34.2. The van der Waals surface area contributed by atoms with Crippen molar-refractivity contribution in [2.24, 2.45) is 11.8 Å². The van der Waals surface area contributed by atoms with E-state index in [1.54, 1.807) is 0 Å². The van der Waals surface area contributed by atoms with Gasteiger partial charge < -0.3 is 10.2 Å². The maximum atomic E-state index is 12.5. The summed E-state index contributed by atoms with van der Waals surface area (Å²) in [5.41, 5.74) is 0. The van der Waals surface area contributed by atoms with Gasteiger partial charge in [-0.2, -0.15) is 0 Å². The summed E-state index contributed by atoms with van der Waals surface area (Å²) in [6, 6.07) is 0.449. The first-order chi connectivity index (χ1) is 7.74. The molecular weight excluding hydrogens is 200 g/mol. The number of carbonyl (C=O) groups excluding carboxylic acids is 1. The molecule has 0 aromatic carbocycles. The molecular formula is C13H24N2O. The van der Waals surface area contributed by atoms with Gasteiger partial charge >= 0.3 is 0 Å². The fourth-order valence-corrected chi connectivity index (χ4v) is 3.22. The van der Waals surface area contributed by atoms with Gasteiger partial charge in [-0.1, -0.05) is 13.3 Å². The number of nitrogens with zero attached hydrogens (tertiary/aromatic N) is 1. The topological polar surface area (TPSA) is 32.3 Å². The molecule has 3 unspecified atom stereocenters. The van der Waals surface area contributed by atoms with Crippen LogP contribution in [0.15, 0.2) is 0 Å². The predicted molar refractivity (Wildman–Crippen MR) is 65.2 cm³/mol. The lowest BCUT2D eigenvalue weighted by Gasteiger charge is -2.31. The van der Waals surface area contributed by atoms with Crippen LogP contribution >= 0.6 is 0 Å². The number of rotatable bonds is 3. The van der Waals surface area contributed by atoms with Crippen LogP contribution in [0.5, 0.6) is 0 Å². The molecule has 1 aliphatic heterocycles. The Balaban J connectivity index is 1.99. The van der Waals surface area contributed by atoms with Crippen LogP contribution in [-0.2, 0) is 4.79 Å². The van der Waals surface area contributed by atoms with Crippen LogP contribution in [0.2, 0.25) is 0 Å². The molecule has 1 saturated heterocycles. The molecule has 2 fully saturated rings. The van der Waals surface area contributed by atoms with Crippen molar-refractivity contribution < 1.29 is 4.79 Å². The first-order valence-corrected chi connectivity index (χ1v) is 6.75. The van der Waals surface area contributed by atoms with Crippen LogP contribution in [0, 0.1) is 11.8 Å². The van der Waals surface area contributed by atoms with Crippen molar-refractivity contribution in [1.82, 2.24) is 10.2 Å². The standard InChI is InChI=1S/C13H24N2O/c1-3-15(11-7-8-14-9-11)13(16)12-6-4-5-10(12)2/h10-12,14H,3-9H2,1-2H3. The molecule has 0 aromatic heterocycles. The van der Waals surface area contributed by atoms with Gasteiger partial charge in [0.2, 0.25) is 5.91 Å². The third kappa shape index (κ3) is 2.24. The summed E-state index contributed by atoms with van der Waals surface area (Å²) < 4.78 is 0. The zero-order valence-corrected chi connectivity index (χ0v) is 10.5. The second-order valence-corrected chi connectivity index (χ2v) is 5.29. The zero-order valence-electron chi connectivity index (χ0n) is 10.5. The Morgan fingerprint density at radius 2 is 2.19 bits per heavy atom. The van der Waals surface area contributed by atoms with E-state index in [4.69, 9.17) is 0 Å². The lowest BCUT2D eigenvalue weighted by Crippen LogP contribution is -2.45. The Bertz CT molecular complexity index is 248. The predicted octanol–water partition coefficient (Wildman–Crippen LogP) is 1.63. The number of hydrogen-bond acceptors (Lipinski definition) is 2. The molecule has 2 rings (SSSR count). The molecule has 1 N–H and O–H groups in total. The lowest BCUT2D eigenvalue weighted by atomic mass is 9.96. The molecule has 1 amide bonds. The van der Waals surface area contributed by atoms with E-state index in [1.807, 2.05) is 0 Å². The van der Waals surface area contributed by atoms with Crippen molar-refractivity contribution in [2.75, 3.05) is 19.6 Å². The van der Waals surface area contributed by atoms with Crippen LogP contribution < -0.4 is 5.32 Å². The monoisotopic (exact) mass is 224 g/mol. The number of hydrogen-bond donors (Lipinski definition) is 1. The van der Waals surface area contributed by atoms with E-state index in [0.29, 0.717) is 23.8 Å². The van der Waals surface area contributed by atoms with Crippen molar-refractivity contribution in [3.05, 3.63) is 0 Å². The zero-order chi connectivity index (χ0) is 11.5. The molecule has 0 spiro atoms. The molecule has 1 saturated carbocycles. The first kappa shape index (κ1) is 11.9. The Labute approximate surface area is 98.6 Å². The Morgan fingerprint density at radius 1 is 1.38 bits per heavy atom. The van der Waals surface area contributed by atoms with Gasteiger partial charge in [0.15, 0.2) is 0 Å². The van der Waals surface area contributed by atoms with Crippen LogP contribution in [0.3, 0.4) is 0 Å². The summed E-state index contributed by atoms with van der Waals surface area (Å²) in [6.07, 6.45) is 4.70. The fraction of sp³-hybridized carbons (Fsp3) is 0.923. The summed E-state index contributed by atoms with van der Waals surface area (Å²) in [5.74, 6) is 1.32. The van der Waals surface area contributed by atoms with Crippen LogP contribution in [-0.4, -0.2) is 36.5 Å². The second kappa shape index (κ2) is 5.17. The molecule has 92 valence electrons. The molecule has 3 nitrogen and oxygen atoms in total. The molecule has 0 bridgehead atoms. The van der Waals surface area contributed by atoms with Crippen LogP contribution in [0.4, 0.5) is 0 Å². The molecule has 3 heteroatoms. The van der Waals surface area contributed by atoms with Crippen molar-refractivity contribution in [2.45, 2.75) is 45.6 Å². The van der Waals surface area contributed by atoms with E-state index in [0.717, 1.165) is 32.5 Å². The van der Waals surface area contributed by atoms with Gasteiger partial charge in [-0.05, 0) is 38.6 Å². The number of amides is 1. The van der Waals surface area contributed by atoms with Crippen LogP contribution in [0.25, 0.3) is 0 Å². The van der Waals surface area contributed by atoms with Crippen molar-refractivity contribution in [1.29, 1.82) is 0 Å². The van der Waals surface area contributed by atoms with Crippen molar-refractivity contribution in [3.8, 4) is 0 Å². The lowest BCUT2D eigenvalue weighted by molar-refractivity contribution is -0.138. The summed E-state index contributed by atoms with van der Waals surface area (Å²) in [7, 11) is 0. The quantitative estimate of drug-likeness (QED) is 0.790. The van der Waals surface area contributed by atoms with E-state index >= 15 is 0 Å².